The molecule has 132 valence electrons. The molecule has 0 aliphatic carbocycles. The summed E-state index contributed by atoms with van der Waals surface area (Å²) in [4.78, 5) is 12.6. The lowest BCUT2D eigenvalue weighted by Crippen LogP contribution is -2.12. The average Bonchev–Trinajstić information content (AvgIpc) is 2.68. The maximum Gasteiger partial charge on any atom is 0.259 e. The Morgan fingerprint density at radius 3 is 2.26 bits per heavy atom. The minimum atomic E-state index is -0.372. The largest absolute Gasteiger partial charge is 0.508 e. The molecule has 0 bridgehead atoms. The zero-order valence-corrected chi connectivity index (χ0v) is 14.4. The highest BCUT2D eigenvalue weighted by Gasteiger charge is 2.13. The van der Waals surface area contributed by atoms with Crippen LogP contribution in [0.15, 0.2) is 84.9 Å². The van der Waals surface area contributed by atoms with Gasteiger partial charge in [-0.2, -0.15) is 0 Å². The standard InChI is InChI=1S/C23H17NO3/c25-20-8-4-5-15(12-20)16-9-10-17-14-22(26)21(13-18(17)11-16)23(27)24-19-6-2-1-3-7-19/h1-14,25-26H,(H,24,27). The van der Waals surface area contributed by atoms with E-state index in [0.717, 1.165) is 21.9 Å². The number of hydrogen-bond acceptors (Lipinski definition) is 3. The van der Waals surface area contributed by atoms with E-state index in [0.29, 0.717) is 5.69 Å². The first-order chi connectivity index (χ1) is 13.1. The van der Waals surface area contributed by atoms with E-state index >= 15 is 0 Å². The van der Waals surface area contributed by atoms with Crippen LogP contribution in [0, 0.1) is 0 Å². The number of nitrogens with one attached hydrogen (secondary N) is 1. The molecule has 0 aromatic heterocycles. The topological polar surface area (TPSA) is 69.6 Å². The third-order valence-electron chi connectivity index (χ3n) is 4.41. The van der Waals surface area contributed by atoms with Gasteiger partial charge in [-0.25, -0.2) is 0 Å². The first-order valence-electron chi connectivity index (χ1n) is 8.53. The second kappa shape index (κ2) is 6.84. The van der Waals surface area contributed by atoms with E-state index in [1.54, 1.807) is 42.5 Å². The number of amides is 1. The maximum atomic E-state index is 12.6. The molecule has 4 rings (SSSR count). The summed E-state index contributed by atoms with van der Waals surface area (Å²) in [5.74, 6) is -0.245. The maximum absolute atomic E-state index is 12.6. The number of aromatic hydroxyl groups is 2. The summed E-state index contributed by atoms with van der Waals surface area (Å²) in [6, 6.07) is 25.1. The number of phenols is 2. The van der Waals surface area contributed by atoms with Gasteiger partial charge in [0.15, 0.2) is 0 Å². The van der Waals surface area contributed by atoms with Gasteiger partial charge in [-0.1, -0.05) is 42.5 Å². The van der Waals surface area contributed by atoms with Crippen molar-refractivity contribution in [1.82, 2.24) is 0 Å². The molecular weight excluding hydrogens is 338 g/mol. The zero-order valence-electron chi connectivity index (χ0n) is 14.4. The molecular formula is C23H17NO3. The minimum Gasteiger partial charge on any atom is -0.508 e. The van der Waals surface area contributed by atoms with Gasteiger partial charge in [-0.3, -0.25) is 4.79 Å². The molecule has 0 fully saturated rings. The summed E-state index contributed by atoms with van der Waals surface area (Å²) in [5.41, 5.74) is 2.66. The Bertz CT molecular complexity index is 1140. The summed E-state index contributed by atoms with van der Waals surface area (Å²) in [6.45, 7) is 0. The van der Waals surface area contributed by atoms with E-state index in [9.17, 15) is 15.0 Å². The van der Waals surface area contributed by atoms with Crippen molar-refractivity contribution in [2.75, 3.05) is 5.32 Å². The van der Waals surface area contributed by atoms with E-state index in [1.807, 2.05) is 42.5 Å². The number of benzene rings is 4. The van der Waals surface area contributed by atoms with Crippen LogP contribution >= 0.6 is 0 Å². The highest BCUT2D eigenvalue weighted by atomic mass is 16.3. The van der Waals surface area contributed by atoms with Crippen LogP contribution in [-0.4, -0.2) is 16.1 Å². The molecule has 0 aliphatic heterocycles. The highest BCUT2D eigenvalue weighted by molar-refractivity contribution is 6.08. The van der Waals surface area contributed by atoms with Crippen LogP contribution in [0.2, 0.25) is 0 Å². The van der Waals surface area contributed by atoms with Crippen molar-refractivity contribution in [3.63, 3.8) is 0 Å². The molecule has 0 spiro atoms. The number of fused-ring (bicyclic) bond motifs is 1. The Hall–Kier alpha value is -3.79. The fourth-order valence-corrected chi connectivity index (χ4v) is 3.05. The predicted octanol–water partition coefficient (Wildman–Crippen LogP) is 5.17. The number of phenolic OH excluding ortho intramolecular Hbond substituents is 2. The molecule has 3 N–H and O–H groups in total. The van der Waals surface area contributed by atoms with E-state index < -0.39 is 0 Å². The number of carbonyl (C=O) groups is 1. The molecule has 0 saturated heterocycles. The summed E-state index contributed by atoms with van der Waals surface area (Å²) >= 11 is 0. The smallest absolute Gasteiger partial charge is 0.259 e. The van der Waals surface area contributed by atoms with Crippen LogP contribution < -0.4 is 5.32 Å². The highest BCUT2D eigenvalue weighted by Crippen LogP contribution is 2.30. The van der Waals surface area contributed by atoms with Crippen LogP contribution in [0.3, 0.4) is 0 Å². The quantitative estimate of drug-likeness (QED) is 0.475. The zero-order chi connectivity index (χ0) is 18.8. The fraction of sp³-hybridized carbons (Fsp3) is 0. The van der Waals surface area contributed by atoms with Gasteiger partial charge in [0.1, 0.15) is 11.5 Å². The van der Waals surface area contributed by atoms with Crippen molar-refractivity contribution >= 4 is 22.4 Å². The number of carbonyl (C=O) groups excluding carboxylic acids is 1. The lowest BCUT2D eigenvalue weighted by atomic mass is 9.99. The first-order valence-corrected chi connectivity index (χ1v) is 8.53. The fourth-order valence-electron chi connectivity index (χ4n) is 3.05. The SMILES string of the molecule is O=C(Nc1ccccc1)c1cc2cc(-c3cccc(O)c3)ccc2cc1O. The van der Waals surface area contributed by atoms with Gasteiger partial charge >= 0.3 is 0 Å². The number of anilines is 1. The van der Waals surface area contributed by atoms with Crippen molar-refractivity contribution < 1.29 is 15.0 Å². The number of rotatable bonds is 3. The van der Waals surface area contributed by atoms with E-state index in [4.69, 9.17) is 0 Å². The Kier molecular flexibility index (Phi) is 4.22. The lowest BCUT2D eigenvalue weighted by Gasteiger charge is -2.10. The normalized spacial score (nSPS) is 10.7. The minimum absolute atomic E-state index is 0.0685. The van der Waals surface area contributed by atoms with Crippen LogP contribution in [-0.2, 0) is 0 Å². The first kappa shape index (κ1) is 16.7. The van der Waals surface area contributed by atoms with Gasteiger partial charge in [0.05, 0.1) is 5.56 Å². The van der Waals surface area contributed by atoms with Crippen molar-refractivity contribution in [2.45, 2.75) is 0 Å². The van der Waals surface area contributed by atoms with Gasteiger partial charge in [0.25, 0.3) is 5.91 Å². The van der Waals surface area contributed by atoms with E-state index in [1.165, 1.54) is 0 Å². The van der Waals surface area contributed by atoms with Crippen LogP contribution in [0.1, 0.15) is 10.4 Å². The Morgan fingerprint density at radius 2 is 1.48 bits per heavy atom. The van der Waals surface area contributed by atoms with E-state index in [-0.39, 0.29) is 23.0 Å². The summed E-state index contributed by atoms with van der Waals surface area (Å²) in [6.07, 6.45) is 0. The van der Waals surface area contributed by atoms with Crippen molar-refractivity contribution in [1.29, 1.82) is 0 Å². The Labute approximate surface area is 156 Å². The lowest BCUT2D eigenvalue weighted by molar-refractivity contribution is 0.102. The van der Waals surface area contributed by atoms with Crippen LogP contribution in [0.5, 0.6) is 11.5 Å². The number of hydrogen-bond donors (Lipinski definition) is 3. The Balaban J connectivity index is 1.73. The van der Waals surface area contributed by atoms with Gasteiger partial charge in [-0.05, 0) is 64.4 Å². The predicted molar refractivity (Wildman–Crippen MR) is 107 cm³/mol. The van der Waals surface area contributed by atoms with Crippen molar-refractivity contribution in [3.05, 3.63) is 90.5 Å². The van der Waals surface area contributed by atoms with Crippen molar-refractivity contribution in [2.24, 2.45) is 0 Å². The van der Waals surface area contributed by atoms with Gasteiger partial charge < -0.3 is 15.5 Å². The molecule has 0 saturated carbocycles. The third kappa shape index (κ3) is 3.46. The molecule has 4 aromatic carbocycles. The van der Waals surface area contributed by atoms with Gasteiger partial charge in [0, 0.05) is 5.69 Å². The van der Waals surface area contributed by atoms with E-state index in [2.05, 4.69) is 5.32 Å². The second-order valence-corrected chi connectivity index (χ2v) is 6.30. The molecule has 0 atom stereocenters. The van der Waals surface area contributed by atoms with Crippen LogP contribution in [0.25, 0.3) is 21.9 Å². The summed E-state index contributed by atoms with van der Waals surface area (Å²) < 4.78 is 0. The molecule has 4 nitrogen and oxygen atoms in total. The third-order valence-corrected chi connectivity index (χ3v) is 4.41. The molecule has 0 radical (unpaired) electrons. The molecule has 0 aliphatic rings. The van der Waals surface area contributed by atoms with Crippen molar-refractivity contribution in [3.8, 4) is 22.6 Å². The number of para-hydroxylation sites is 1. The van der Waals surface area contributed by atoms with Crippen LogP contribution in [0.4, 0.5) is 5.69 Å². The Morgan fingerprint density at radius 1 is 0.704 bits per heavy atom. The molecule has 4 heteroatoms. The molecule has 0 heterocycles. The summed E-state index contributed by atoms with van der Waals surface area (Å²) in [5, 5.41) is 24.4. The second-order valence-electron chi connectivity index (χ2n) is 6.30. The van der Waals surface area contributed by atoms with Gasteiger partial charge in [-0.15, -0.1) is 0 Å². The molecule has 0 unspecified atom stereocenters. The summed E-state index contributed by atoms with van der Waals surface area (Å²) in [7, 11) is 0. The average molecular weight is 355 g/mol. The molecule has 4 aromatic rings. The monoisotopic (exact) mass is 355 g/mol. The molecule has 1 amide bonds. The van der Waals surface area contributed by atoms with Gasteiger partial charge in [0.2, 0.25) is 0 Å². The molecule has 27 heavy (non-hydrogen) atoms.